The third-order valence-electron chi connectivity index (χ3n) is 9.01. The van der Waals surface area contributed by atoms with Crippen LogP contribution >= 0.6 is 0 Å². The van der Waals surface area contributed by atoms with Crippen LogP contribution in [-0.4, -0.2) is 63.7 Å². The SMILES string of the molecule is CCCC(C)NC(=O)C1N([C@@H](CO)[C@@H](C)CC)C(=O)[C@@H]2[C@H](C(=O)NCc3ccccc3)[C@]3(C)CCC12O3. The molecule has 3 N–H and O–H groups in total. The topological polar surface area (TPSA) is 108 Å². The molecular formula is C29H43N3O5. The van der Waals surface area contributed by atoms with Crippen molar-refractivity contribution in [2.75, 3.05) is 6.61 Å². The Kier molecular flexibility index (Phi) is 8.00. The second kappa shape index (κ2) is 10.7. The number of ether oxygens (including phenoxy) is 1. The van der Waals surface area contributed by atoms with Gasteiger partial charge in [-0.3, -0.25) is 14.4 Å². The van der Waals surface area contributed by atoms with Crippen LogP contribution < -0.4 is 10.6 Å². The summed E-state index contributed by atoms with van der Waals surface area (Å²) in [7, 11) is 0. The Morgan fingerprint density at radius 3 is 2.49 bits per heavy atom. The van der Waals surface area contributed by atoms with Gasteiger partial charge in [-0.25, -0.2) is 0 Å². The zero-order valence-corrected chi connectivity index (χ0v) is 22.8. The van der Waals surface area contributed by atoms with Crippen molar-refractivity contribution in [2.45, 2.75) is 103 Å². The summed E-state index contributed by atoms with van der Waals surface area (Å²) in [6.07, 6.45) is 3.60. The molecule has 0 radical (unpaired) electrons. The molecule has 3 heterocycles. The molecule has 8 atom stereocenters. The van der Waals surface area contributed by atoms with Gasteiger partial charge in [-0.2, -0.15) is 0 Å². The molecule has 1 aromatic rings. The summed E-state index contributed by atoms with van der Waals surface area (Å²) in [6, 6.07) is 8.18. The van der Waals surface area contributed by atoms with E-state index in [1.54, 1.807) is 4.90 Å². The van der Waals surface area contributed by atoms with E-state index < -0.39 is 35.1 Å². The molecule has 0 saturated carbocycles. The Hall–Kier alpha value is -2.45. The molecule has 3 aliphatic heterocycles. The third kappa shape index (κ3) is 4.67. The molecule has 3 amide bonds. The van der Waals surface area contributed by atoms with Crippen molar-refractivity contribution in [3.63, 3.8) is 0 Å². The van der Waals surface area contributed by atoms with Crippen LogP contribution in [0.3, 0.4) is 0 Å². The largest absolute Gasteiger partial charge is 0.394 e. The monoisotopic (exact) mass is 513 g/mol. The van der Waals surface area contributed by atoms with Gasteiger partial charge in [-0.15, -0.1) is 0 Å². The number of amides is 3. The molecule has 4 rings (SSSR count). The minimum absolute atomic E-state index is 0.0225. The van der Waals surface area contributed by atoms with Crippen LogP contribution in [0.2, 0.25) is 0 Å². The maximum absolute atomic E-state index is 14.2. The summed E-state index contributed by atoms with van der Waals surface area (Å²) in [4.78, 5) is 43.3. The van der Waals surface area contributed by atoms with Gasteiger partial charge in [0.2, 0.25) is 17.7 Å². The smallest absolute Gasteiger partial charge is 0.246 e. The molecule has 8 nitrogen and oxygen atoms in total. The van der Waals surface area contributed by atoms with E-state index >= 15 is 0 Å². The highest BCUT2D eigenvalue weighted by molar-refractivity contribution is 5.99. The van der Waals surface area contributed by atoms with Crippen molar-refractivity contribution in [2.24, 2.45) is 17.8 Å². The van der Waals surface area contributed by atoms with Crippen LogP contribution in [0, 0.1) is 17.8 Å². The average Bonchev–Trinajstić information content (AvgIpc) is 3.44. The van der Waals surface area contributed by atoms with E-state index in [0.717, 1.165) is 24.8 Å². The number of nitrogens with zero attached hydrogens (tertiary/aromatic N) is 1. The van der Waals surface area contributed by atoms with E-state index in [4.69, 9.17) is 4.74 Å². The van der Waals surface area contributed by atoms with E-state index in [1.807, 2.05) is 58.0 Å². The van der Waals surface area contributed by atoms with Crippen molar-refractivity contribution in [3.8, 4) is 0 Å². The van der Waals surface area contributed by atoms with Gasteiger partial charge in [-0.05, 0) is 44.6 Å². The number of nitrogens with one attached hydrogen (secondary N) is 2. The molecule has 3 aliphatic rings. The summed E-state index contributed by atoms with van der Waals surface area (Å²) in [5.41, 5.74) is -0.943. The lowest BCUT2D eigenvalue weighted by molar-refractivity contribution is -0.151. The minimum Gasteiger partial charge on any atom is -0.394 e. The van der Waals surface area contributed by atoms with Gasteiger partial charge in [-0.1, -0.05) is 63.9 Å². The maximum Gasteiger partial charge on any atom is 0.246 e. The van der Waals surface area contributed by atoms with Gasteiger partial charge >= 0.3 is 0 Å². The highest BCUT2D eigenvalue weighted by atomic mass is 16.5. The Morgan fingerprint density at radius 1 is 1.16 bits per heavy atom. The van der Waals surface area contributed by atoms with Crippen LogP contribution in [0.15, 0.2) is 30.3 Å². The number of rotatable bonds is 11. The Bertz CT molecular complexity index is 1000. The Balaban J connectivity index is 1.70. The Labute approximate surface area is 220 Å². The number of fused-ring (bicyclic) bond motifs is 1. The van der Waals surface area contributed by atoms with Gasteiger partial charge in [0.25, 0.3) is 0 Å². The first-order valence-electron chi connectivity index (χ1n) is 13.9. The number of hydrogen-bond donors (Lipinski definition) is 3. The normalized spacial score (nSPS) is 32.6. The van der Waals surface area contributed by atoms with Gasteiger partial charge in [0.1, 0.15) is 11.6 Å². The molecule has 37 heavy (non-hydrogen) atoms. The second-order valence-electron chi connectivity index (χ2n) is 11.5. The number of aliphatic hydroxyl groups is 1. The highest BCUT2D eigenvalue weighted by Crippen LogP contribution is 2.63. The van der Waals surface area contributed by atoms with E-state index in [-0.39, 0.29) is 36.3 Å². The van der Waals surface area contributed by atoms with Crippen LogP contribution in [0.25, 0.3) is 0 Å². The predicted molar refractivity (Wildman–Crippen MR) is 140 cm³/mol. The molecular weight excluding hydrogens is 470 g/mol. The minimum atomic E-state index is -1.09. The maximum atomic E-state index is 14.2. The van der Waals surface area contributed by atoms with Crippen LogP contribution in [0.4, 0.5) is 0 Å². The predicted octanol–water partition coefficient (Wildman–Crippen LogP) is 2.78. The molecule has 2 bridgehead atoms. The molecule has 0 aliphatic carbocycles. The lowest BCUT2D eigenvalue weighted by Gasteiger charge is -2.39. The lowest BCUT2D eigenvalue weighted by Crippen LogP contribution is -2.60. The fourth-order valence-electron chi connectivity index (χ4n) is 6.96. The van der Waals surface area contributed by atoms with Crippen molar-refractivity contribution in [3.05, 3.63) is 35.9 Å². The summed E-state index contributed by atoms with van der Waals surface area (Å²) in [5.74, 6) is -2.24. The number of likely N-dealkylation sites (tertiary alicyclic amines) is 1. The number of benzene rings is 1. The van der Waals surface area contributed by atoms with Gasteiger partial charge < -0.3 is 25.4 Å². The van der Waals surface area contributed by atoms with Crippen LogP contribution in [-0.2, 0) is 25.7 Å². The first-order valence-corrected chi connectivity index (χ1v) is 13.9. The van der Waals surface area contributed by atoms with E-state index in [0.29, 0.717) is 19.4 Å². The van der Waals surface area contributed by atoms with Crippen molar-refractivity contribution in [1.29, 1.82) is 0 Å². The fraction of sp³-hybridized carbons (Fsp3) is 0.690. The molecule has 3 saturated heterocycles. The highest BCUT2D eigenvalue weighted by Gasteiger charge is 2.78. The quantitative estimate of drug-likeness (QED) is 0.422. The van der Waals surface area contributed by atoms with Gasteiger partial charge in [0.05, 0.1) is 30.1 Å². The average molecular weight is 514 g/mol. The second-order valence-corrected chi connectivity index (χ2v) is 11.5. The molecule has 204 valence electrons. The summed E-state index contributed by atoms with van der Waals surface area (Å²) in [6.45, 7) is 10.0. The van der Waals surface area contributed by atoms with Crippen LogP contribution in [0.1, 0.15) is 72.3 Å². The van der Waals surface area contributed by atoms with E-state index in [2.05, 4.69) is 17.6 Å². The number of aliphatic hydroxyl groups excluding tert-OH is 1. The standard InChI is InChI=1S/C29H43N3O5/c1-6-11-19(4)31-26(35)24-29-15-14-28(5,37-29)22(25(34)30-16-20-12-9-8-10-13-20)23(29)27(36)32(24)21(17-33)18(3)7-2/h8-10,12-13,18-19,21-24,33H,6-7,11,14-17H2,1-5H3,(H,30,34)(H,31,35)/t18-,19?,21-,22+,23-,24?,28-,29?/m0/s1. The zero-order chi connectivity index (χ0) is 27.0. The summed E-state index contributed by atoms with van der Waals surface area (Å²) >= 11 is 0. The number of carbonyl (C=O) groups is 3. The number of carbonyl (C=O) groups excluding carboxylic acids is 3. The molecule has 8 heteroatoms. The van der Waals surface area contributed by atoms with Crippen LogP contribution in [0.5, 0.6) is 0 Å². The third-order valence-corrected chi connectivity index (χ3v) is 9.01. The summed E-state index contributed by atoms with van der Waals surface area (Å²) < 4.78 is 6.68. The zero-order valence-electron chi connectivity index (χ0n) is 22.8. The number of hydrogen-bond acceptors (Lipinski definition) is 5. The molecule has 1 spiro atoms. The van der Waals surface area contributed by atoms with E-state index in [1.165, 1.54) is 0 Å². The molecule has 3 fully saturated rings. The lowest BCUT2D eigenvalue weighted by atomic mass is 9.66. The Morgan fingerprint density at radius 2 is 1.86 bits per heavy atom. The van der Waals surface area contributed by atoms with Crippen molar-refractivity contribution >= 4 is 17.7 Å². The van der Waals surface area contributed by atoms with Gasteiger partial charge in [0, 0.05) is 12.6 Å². The molecule has 0 aromatic heterocycles. The molecule has 3 unspecified atom stereocenters. The fourth-order valence-corrected chi connectivity index (χ4v) is 6.96. The van der Waals surface area contributed by atoms with E-state index in [9.17, 15) is 19.5 Å². The van der Waals surface area contributed by atoms with Crippen molar-refractivity contribution < 1.29 is 24.2 Å². The first-order chi connectivity index (χ1) is 17.6. The van der Waals surface area contributed by atoms with Gasteiger partial charge in [0.15, 0.2) is 0 Å². The molecule has 1 aromatic carbocycles. The first kappa shape index (κ1) is 27.6. The summed E-state index contributed by atoms with van der Waals surface area (Å²) in [5, 5.41) is 16.5. The van der Waals surface area contributed by atoms with Crippen molar-refractivity contribution in [1.82, 2.24) is 15.5 Å².